The third-order valence-corrected chi connectivity index (χ3v) is 4.75. The Morgan fingerprint density at radius 2 is 1.90 bits per heavy atom. The van der Waals surface area contributed by atoms with Crippen molar-refractivity contribution in [2.75, 3.05) is 0 Å². The summed E-state index contributed by atoms with van der Waals surface area (Å²) in [6.45, 7) is 2.91. The van der Waals surface area contributed by atoms with Crippen LogP contribution in [0.1, 0.15) is 24.3 Å². The van der Waals surface area contributed by atoms with Gasteiger partial charge in [-0.1, -0.05) is 50.1 Å². The van der Waals surface area contributed by atoms with E-state index in [-0.39, 0.29) is 6.04 Å². The normalized spacial score (nSPS) is 12.7. The van der Waals surface area contributed by atoms with Crippen molar-refractivity contribution in [2.24, 2.45) is 0 Å². The van der Waals surface area contributed by atoms with Crippen molar-refractivity contribution in [3.05, 3.63) is 68.8 Å². The van der Waals surface area contributed by atoms with Crippen molar-refractivity contribution in [3.8, 4) is 0 Å². The zero-order chi connectivity index (χ0) is 14.8. The Kier molecular flexibility index (Phi) is 4.48. The molecule has 0 aliphatic carbocycles. The highest BCUT2D eigenvalue weighted by Crippen LogP contribution is 2.27. The van der Waals surface area contributed by atoms with Crippen LogP contribution in [0, 0.1) is 0 Å². The van der Waals surface area contributed by atoms with Crippen LogP contribution in [0.3, 0.4) is 0 Å². The van der Waals surface area contributed by atoms with Gasteiger partial charge in [0.2, 0.25) is 0 Å². The number of benzene rings is 2. The fraction of sp³-hybridized carbons (Fsp3) is 0.176. The predicted octanol–water partition coefficient (Wildman–Crippen LogP) is 5.81. The predicted molar refractivity (Wildman–Crippen MR) is 93.3 cm³/mol. The maximum absolute atomic E-state index is 5.91. The van der Waals surface area contributed by atoms with Crippen molar-refractivity contribution < 1.29 is 4.42 Å². The summed E-state index contributed by atoms with van der Waals surface area (Å²) in [5, 5.41) is 4.62. The Hall–Kier alpha value is -1.10. The van der Waals surface area contributed by atoms with E-state index in [1.807, 2.05) is 24.3 Å². The molecule has 3 aromatic rings. The van der Waals surface area contributed by atoms with Crippen molar-refractivity contribution in [1.82, 2.24) is 5.32 Å². The molecule has 0 saturated carbocycles. The van der Waals surface area contributed by atoms with Crippen molar-refractivity contribution >= 4 is 42.8 Å². The van der Waals surface area contributed by atoms with E-state index in [1.54, 1.807) is 0 Å². The second kappa shape index (κ2) is 6.34. The molecule has 3 rings (SSSR count). The standard InChI is InChI=1S/C17H15Br2NO/c1-11(20-10-12-4-2-3-5-15(12)19)17-9-13-8-14(18)6-7-16(13)21-17/h2-9,11,20H,10H2,1H3. The maximum Gasteiger partial charge on any atom is 0.134 e. The van der Waals surface area contributed by atoms with E-state index >= 15 is 0 Å². The molecular weight excluding hydrogens is 394 g/mol. The molecule has 2 aromatic carbocycles. The van der Waals surface area contributed by atoms with Gasteiger partial charge in [0.15, 0.2) is 0 Å². The molecule has 1 aromatic heterocycles. The van der Waals surface area contributed by atoms with Crippen LogP contribution in [0.5, 0.6) is 0 Å². The summed E-state index contributed by atoms with van der Waals surface area (Å²) in [6, 6.07) is 16.5. The van der Waals surface area contributed by atoms with Crippen molar-refractivity contribution in [2.45, 2.75) is 19.5 Å². The number of fused-ring (bicyclic) bond motifs is 1. The minimum atomic E-state index is 0.156. The number of furan rings is 1. The molecule has 0 spiro atoms. The quantitative estimate of drug-likeness (QED) is 0.589. The highest BCUT2D eigenvalue weighted by molar-refractivity contribution is 9.10. The lowest BCUT2D eigenvalue weighted by Crippen LogP contribution is -2.17. The first-order chi connectivity index (χ1) is 10.1. The molecule has 0 fully saturated rings. The molecule has 21 heavy (non-hydrogen) atoms. The van der Waals surface area contributed by atoms with Gasteiger partial charge < -0.3 is 9.73 Å². The van der Waals surface area contributed by atoms with Crippen LogP contribution < -0.4 is 5.32 Å². The summed E-state index contributed by atoms with van der Waals surface area (Å²) in [7, 11) is 0. The number of hydrogen-bond donors (Lipinski definition) is 1. The molecule has 0 aliphatic rings. The molecule has 108 valence electrons. The molecular formula is C17H15Br2NO. The van der Waals surface area contributed by atoms with Gasteiger partial charge in [-0.05, 0) is 42.8 Å². The van der Waals surface area contributed by atoms with Crippen LogP contribution in [-0.2, 0) is 6.54 Å². The monoisotopic (exact) mass is 407 g/mol. The fourth-order valence-electron chi connectivity index (χ4n) is 2.25. The van der Waals surface area contributed by atoms with Gasteiger partial charge in [0.05, 0.1) is 6.04 Å². The zero-order valence-corrected chi connectivity index (χ0v) is 14.7. The average molecular weight is 409 g/mol. The van der Waals surface area contributed by atoms with E-state index in [2.05, 4.69) is 68.4 Å². The minimum absolute atomic E-state index is 0.156. The molecule has 0 bridgehead atoms. The molecule has 0 aliphatic heterocycles. The Balaban J connectivity index is 1.75. The fourth-order valence-corrected chi connectivity index (χ4v) is 3.06. The number of hydrogen-bond acceptors (Lipinski definition) is 2. The van der Waals surface area contributed by atoms with Gasteiger partial charge in [-0.25, -0.2) is 0 Å². The van der Waals surface area contributed by atoms with Crippen LogP contribution in [0.2, 0.25) is 0 Å². The van der Waals surface area contributed by atoms with Gasteiger partial charge in [-0.2, -0.15) is 0 Å². The van der Waals surface area contributed by atoms with E-state index in [9.17, 15) is 0 Å². The van der Waals surface area contributed by atoms with Gasteiger partial charge >= 0.3 is 0 Å². The summed E-state index contributed by atoms with van der Waals surface area (Å²) in [5.41, 5.74) is 2.16. The van der Waals surface area contributed by atoms with E-state index in [0.717, 1.165) is 32.2 Å². The first-order valence-electron chi connectivity index (χ1n) is 6.79. The van der Waals surface area contributed by atoms with E-state index in [4.69, 9.17) is 4.42 Å². The Morgan fingerprint density at radius 3 is 2.71 bits per heavy atom. The summed E-state index contributed by atoms with van der Waals surface area (Å²) >= 11 is 7.06. The molecule has 1 N–H and O–H groups in total. The molecule has 1 heterocycles. The lowest BCUT2D eigenvalue weighted by atomic mass is 10.2. The maximum atomic E-state index is 5.91. The molecule has 2 nitrogen and oxygen atoms in total. The third-order valence-electron chi connectivity index (χ3n) is 3.48. The minimum Gasteiger partial charge on any atom is -0.459 e. The highest BCUT2D eigenvalue weighted by Gasteiger charge is 2.12. The van der Waals surface area contributed by atoms with Crippen molar-refractivity contribution in [1.29, 1.82) is 0 Å². The Morgan fingerprint density at radius 1 is 1.10 bits per heavy atom. The average Bonchev–Trinajstić information content (AvgIpc) is 2.89. The lowest BCUT2D eigenvalue weighted by molar-refractivity contribution is 0.450. The number of nitrogens with one attached hydrogen (secondary N) is 1. The third kappa shape index (κ3) is 3.39. The first kappa shape index (κ1) is 14.8. The topological polar surface area (TPSA) is 25.2 Å². The second-order valence-corrected chi connectivity index (χ2v) is 6.79. The number of rotatable bonds is 4. The Labute approximate surface area is 140 Å². The first-order valence-corrected chi connectivity index (χ1v) is 8.38. The van der Waals surface area contributed by atoms with Gasteiger partial charge in [-0.3, -0.25) is 0 Å². The van der Waals surface area contributed by atoms with Crippen LogP contribution in [0.15, 0.2) is 61.9 Å². The van der Waals surface area contributed by atoms with Crippen LogP contribution in [0.25, 0.3) is 11.0 Å². The van der Waals surface area contributed by atoms with Crippen LogP contribution in [-0.4, -0.2) is 0 Å². The molecule has 0 amide bonds. The van der Waals surface area contributed by atoms with Gasteiger partial charge in [0.25, 0.3) is 0 Å². The van der Waals surface area contributed by atoms with Gasteiger partial charge in [0, 0.05) is 20.9 Å². The molecule has 1 atom stereocenters. The van der Waals surface area contributed by atoms with Crippen molar-refractivity contribution in [3.63, 3.8) is 0 Å². The molecule has 0 saturated heterocycles. The molecule has 1 unspecified atom stereocenters. The summed E-state index contributed by atoms with van der Waals surface area (Å²) in [4.78, 5) is 0. The largest absolute Gasteiger partial charge is 0.459 e. The van der Waals surface area contributed by atoms with E-state index < -0.39 is 0 Å². The summed E-state index contributed by atoms with van der Waals surface area (Å²) in [5.74, 6) is 0.954. The SMILES string of the molecule is CC(NCc1ccccc1Br)c1cc2cc(Br)ccc2o1. The molecule has 4 heteroatoms. The number of halogens is 2. The second-order valence-electron chi connectivity index (χ2n) is 5.02. The molecule has 0 radical (unpaired) electrons. The lowest BCUT2D eigenvalue weighted by Gasteiger charge is -2.12. The van der Waals surface area contributed by atoms with Crippen LogP contribution >= 0.6 is 31.9 Å². The van der Waals surface area contributed by atoms with Gasteiger partial charge in [0.1, 0.15) is 11.3 Å². The Bertz CT molecular complexity index is 766. The van der Waals surface area contributed by atoms with Crippen LogP contribution in [0.4, 0.5) is 0 Å². The highest BCUT2D eigenvalue weighted by atomic mass is 79.9. The summed E-state index contributed by atoms with van der Waals surface area (Å²) in [6.07, 6.45) is 0. The van der Waals surface area contributed by atoms with Gasteiger partial charge in [-0.15, -0.1) is 0 Å². The zero-order valence-electron chi connectivity index (χ0n) is 11.6. The van der Waals surface area contributed by atoms with E-state index in [0.29, 0.717) is 0 Å². The smallest absolute Gasteiger partial charge is 0.134 e. The van der Waals surface area contributed by atoms with E-state index in [1.165, 1.54) is 5.56 Å². The summed E-state index contributed by atoms with van der Waals surface area (Å²) < 4.78 is 8.10.